The van der Waals surface area contributed by atoms with E-state index in [1.54, 1.807) is 24.3 Å². The molecule has 5 nitrogen and oxygen atoms in total. The summed E-state index contributed by atoms with van der Waals surface area (Å²) in [6, 6.07) is 6.75. The Morgan fingerprint density at radius 2 is 1.62 bits per heavy atom. The van der Waals surface area contributed by atoms with Crippen LogP contribution in [0.15, 0.2) is 36.4 Å². The average Bonchev–Trinajstić information content (AvgIpc) is 3.33. The number of para-hydroxylation sites is 2. The van der Waals surface area contributed by atoms with Crippen LogP contribution < -0.4 is 9.64 Å². The van der Waals surface area contributed by atoms with Crippen LogP contribution in [-0.4, -0.2) is 17.8 Å². The van der Waals surface area contributed by atoms with Gasteiger partial charge in [-0.15, -0.1) is 0 Å². The highest BCUT2D eigenvalue weighted by Crippen LogP contribution is 2.65. The summed E-state index contributed by atoms with van der Waals surface area (Å²) in [7, 11) is 0. The standard InChI is InChI=1S/C19H17NO4/c1-9(21)24-15-5-3-2-4-14(15)20-18(22)16-10-6-7-11(13-8-12(10)13)17(16)19(20)23/h2-7,10-13,16-17H,8H2,1H3/t10-,11-,12-,13-,16-,17+/m0/s1. The Balaban J connectivity index is 1.57. The molecule has 2 saturated carbocycles. The Bertz CT molecular complexity index is 777. The fourth-order valence-corrected chi connectivity index (χ4v) is 5.08. The zero-order valence-corrected chi connectivity index (χ0v) is 13.2. The molecule has 1 saturated heterocycles. The second kappa shape index (κ2) is 4.56. The van der Waals surface area contributed by atoms with E-state index in [2.05, 4.69) is 12.2 Å². The lowest BCUT2D eigenvalue weighted by Crippen LogP contribution is -2.40. The number of benzene rings is 1. The van der Waals surface area contributed by atoms with Gasteiger partial charge in [0.2, 0.25) is 11.8 Å². The smallest absolute Gasteiger partial charge is 0.308 e. The highest BCUT2D eigenvalue weighted by molar-refractivity contribution is 6.23. The number of hydrogen-bond donors (Lipinski definition) is 0. The van der Waals surface area contributed by atoms with Crippen LogP contribution in [0.1, 0.15) is 13.3 Å². The van der Waals surface area contributed by atoms with Gasteiger partial charge in [-0.3, -0.25) is 14.4 Å². The number of carbonyl (C=O) groups excluding carboxylic acids is 3. The highest BCUT2D eigenvalue weighted by atomic mass is 16.5. The van der Waals surface area contributed by atoms with Crippen molar-refractivity contribution in [2.75, 3.05) is 4.90 Å². The fraction of sp³-hybridized carbons (Fsp3) is 0.421. The third-order valence-corrected chi connectivity index (χ3v) is 6.02. The first kappa shape index (κ1) is 14.0. The van der Waals surface area contributed by atoms with Crippen LogP contribution in [0, 0.1) is 35.5 Å². The molecule has 0 unspecified atom stereocenters. The lowest BCUT2D eigenvalue weighted by Gasteiger charge is -2.37. The van der Waals surface area contributed by atoms with Gasteiger partial charge < -0.3 is 4.74 Å². The molecule has 24 heavy (non-hydrogen) atoms. The van der Waals surface area contributed by atoms with Crippen LogP contribution in [0.3, 0.4) is 0 Å². The molecule has 0 spiro atoms. The lowest BCUT2D eigenvalue weighted by atomic mass is 9.63. The monoisotopic (exact) mass is 323 g/mol. The molecule has 0 aromatic heterocycles. The topological polar surface area (TPSA) is 63.7 Å². The zero-order chi connectivity index (χ0) is 16.6. The second-order valence-corrected chi connectivity index (χ2v) is 7.23. The third-order valence-electron chi connectivity index (χ3n) is 6.02. The Kier molecular flexibility index (Phi) is 2.65. The van der Waals surface area contributed by atoms with Gasteiger partial charge in [0.15, 0.2) is 5.75 Å². The van der Waals surface area contributed by atoms with Crippen LogP contribution in [0.5, 0.6) is 5.75 Å². The molecule has 0 radical (unpaired) electrons. The molecular formula is C19H17NO4. The van der Waals surface area contributed by atoms with Crippen molar-refractivity contribution in [3.8, 4) is 5.75 Å². The van der Waals surface area contributed by atoms with Crippen LogP contribution in [0.25, 0.3) is 0 Å². The van der Waals surface area contributed by atoms with Crippen LogP contribution >= 0.6 is 0 Å². The van der Waals surface area contributed by atoms with Crippen molar-refractivity contribution in [3.63, 3.8) is 0 Å². The summed E-state index contributed by atoms with van der Waals surface area (Å²) in [5.41, 5.74) is 0.380. The molecule has 1 aromatic rings. The van der Waals surface area contributed by atoms with Gasteiger partial charge in [0.1, 0.15) is 0 Å². The van der Waals surface area contributed by atoms with Crippen molar-refractivity contribution in [1.82, 2.24) is 0 Å². The molecular weight excluding hydrogens is 306 g/mol. The Morgan fingerprint density at radius 3 is 2.21 bits per heavy atom. The number of hydrogen-bond acceptors (Lipinski definition) is 4. The second-order valence-electron chi connectivity index (χ2n) is 7.23. The van der Waals surface area contributed by atoms with Gasteiger partial charge >= 0.3 is 5.97 Å². The van der Waals surface area contributed by atoms with Crippen molar-refractivity contribution in [2.24, 2.45) is 35.5 Å². The molecule has 1 aromatic carbocycles. The SMILES string of the molecule is CC(=O)Oc1ccccc1N1C(=O)[C@@H]2[C@H]3C=C[C@@H]([C@@H]4C[C@@H]34)[C@@H]2C1=O. The summed E-state index contributed by atoms with van der Waals surface area (Å²) in [4.78, 5) is 38.7. The van der Waals surface area contributed by atoms with Crippen molar-refractivity contribution < 1.29 is 19.1 Å². The van der Waals surface area contributed by atoms with Gasteiger partial charge in [-0.25, -0.2) is 4.90 Å². The fourth-order valence-electron chi connectivity index (χ4n) is 5.08. The zero-order valence-electron chi connectivity index (χ0n) is 13.2. The third kappa shape index (κ3) is 1.67. The quantitative estimate of drug-likeness (QED) is 0.362. The number of ether oxygens (including phenoxy) is 1. The van der Waals surface area contributed by atoms with E-state index in [1.807, 2.05) is 0 Å². The van der Waals surface area contributed by atoms with Crippen molar-refractivity contribution in [2.45, 2.75) is 13.3 Å². The molecule has 1 aliphatic heterocycles. The summed E-state index contributed by atoms with van der Waals surface area (Å²) in [6.07, 6.45) is 5.43. The van der Waals surface area contributed by atoms with E-state index in [1.165, 1.54) is 11.8 Å². The van der Waals surface area contributed by atoms with E-state index >= 15 is 0 Å². The molecule has 4 aliphatic carbocycles. The minimum atomic E-state index is -0.470. The Labute approximate surface area is 139 Å². The molecule has 3 fully saturated rings. The van der Waals surface area contributed by atoms with E-state index in [4.69, 9.17) is 4.74 Å². The number of imide groups is 1. The number of carbonyl (C=O) groups is 3. The van der Waals surface area contributed by atoms with Crippen LogP contribution in [-0.2, 0) is 14.4 Å². The molecule has 6 rings (SSSR count). The molecule has 2 bridgehead atoms. The van der Waals surface area contributed by atoms with Gasteiger partial charge in [-0.2, -0.15) is 0 Å². The van der Waals surface area contributed by atoms with Crippen molar-refractivity contribution >= 4 is 23.5 Å². The maximum absolute atomic E-state index is 13.1. The summed E-state index contributed by atoms with van der Waals surface area (Å²) in [5, 5.41) is 0. The molecule has 2 amide bonds. The van der Waals surface area contributed by atoms with E-state index in [-0.39, 0.29) is 41.2 Å². The Hall–Kier alpha value is -2.43. The van der Waals surface area contributed by atoms with E-state index in [0.717, 1.165) is 6.42 Å². The summed E-state index contributed by atoms with van der Waals surface area (Å²) in [6.45, 7) is 1.31. The molecule has 1 heterocycles. The summed E-state index contributed by atoms with van der Waals surface area (Å²) < 4.78 is 5.21. The average molecular weight is 323 g/mol. The predicted molar refractivity (Wildman–Crippen MR) is 84.9 cm³/mol. The number of allylic oxidation sites excluding steroid dienone is 2. The van der Waals surface area contributed by atoms with Crippen molar-refractivity contribution in [3.05, 3.63) is 36.4 Å². The maximum Gasteiger partial charge on any atom is 0.308 e. The number of amides is 2. The molecule has 5 heteroatoms. The largest absolute Gasteiger partial charge is 0.424 e. The highest BCUT2D eigenvalue weighted by Gasteiger charge is 2.67. The molecule has 5 aliphatic rings. The molecule has 0 N–H and O–H groups in total. The Morgan fingerprint density at radius 1 is 1.04 bits per heavy atom. The van der Waals surface area contributed by atoms with Crippen molar-refractivity contribution in [1.29, 1.82) is 0 Å². The summed E-state index contributed by atoms with van der Waals surface area (Å²) >= 11 is 0. The minimum Gasteiger partial charge on any atom is -0.424 e. The van der Waals surface area contributed by atoms with Gasteiger partial charge in [0, 0.05) is 6.92 Å². The number of rotatable bonds is 2. The van der Waals surface area contributed by atoms with Gasteiger partial charge in [0.05, 0.1) is 17.5 Å². The normalized spacial score (nSPS) is 38.1. The first-order valence-electron chi connectivity index (χ1n) is 8.41. The predicted octanol–water partition coefficient (Wildman–Crippen LogP) is 2.17. The first-order chi connectivity index (χ1) is 11.6. The van der Waals surface area contributed by atoms with Crippen LogP contribution in [0.2, 0.25) is 0 Å². The van der Waals surface area contributed by atoms with E-state index < -0.39 is 5.97 Å². The van der Waals surface area contributed by atoms with Crippen LogP contribution in [0.4, 0.5) is 5.69 Å². The number of anilines is 1. The lowest BCUT2D eigenvalue weighted by molar-refractivity contribution is -0.132. The molecule has 122 valence electrons. The van der Waals surface area contributed by atoms with Gasteiger partial charge in [-0.05, 0) is 42.2 Å². The molecule has 6 atom stereocenters. The van der Waals surface area contributed by atoms with E-state index in [0.29, 0.717) is 17.5 Å². The minimum absolute atomic E-state index is 0.144. The number of esters is 1. The van der Waals surface area contributed by atoms with Gasteiger partial charge in [0.25, 0.3) is 0 Å². The number of nitrogens with zero attached hydrogens (tertiary/aromatic N) is 1. The van der Waals surface area contributed by atoms with E-state index in [9.17, 15) is 14.4 Å². The maximum atomic E-state index is 13.1. The first-order valence-corrected chi connectivity index (χ1v) is 8.41. The van der Waals surface area contributed by atoms with Gasteiger partial charge in [-0.1, -0.05) is 24.3 Å². The summed E-state index contributed by atoms with van der Waals surface area (Å²) in [5.74, 6) is 0.521.